The van der Waals surface area contributed by atoms with Crippen LogP contribution in [0.3, 0.4) is 0 Å². The highest BCUT2D eigenvalue weighted by Crippen LogP contribution is 2.16. The standard InChI is InChI=1S/C28H48N2O/c1-22(2)12-8-13-23(3)14-9-15-24(4)16-10-17-25(5)18-11-19-28(31)30-26(6)20-29-21-27(30)7/h12,14,16,18,26-27,29H,8-11,13,15,17,19-21H2,1-7H3. The fourth-order valence-electron chi connectivity index (χ4n) is 4.18. The van der Waals surface area contributed by atoms with Crippen molar-refractivity contribution in [2.45, 2.75) is 112 Å². The van der Waals surface area contributed by atoms with Crippen molar-refractivity contribution in [3.63, 3.8) is 0 Å². The second-order valence-corrected chi connectivity index (χ2v) is 9.74. The molecule has 0 radical (unpaired) electrons. The van der Waals surface area contributed by atoms with E-state index in [0.717, 1.165) is 51.6 Å². The molecule has 1 heterocycles. The van der Waals surface area contributed by atoms with E-state index in [0.29, 0.717) is 24.4 Å². The average Bonchev–Trinajstić information content (AvgIpc) is 2.67. The van der Waals surface area contributed by atoms with Gasteiger partial charge in [-0.05, 0) is 93.4 Å². The van der Waals surface area contributed by atoms with E-state index in [1.165, 1.54) is 28.7 Å². The summed E-state index contributed by atoms with van der Waals surface area (Å²) >= 11 is 0. The molecule has 0 saturated carbocycles. The number of allylic oxidation sites excluding steroid dienone is 8. The quantitative estimate of drug-likeness (QED) is 0.336. The van der Waals surface area contributed by atoms with Gasteiger partial charge in [0, 0.05) is 31.6 Å². The van der Waals surface area contributed by atoms with Crippen molar-refractivity contribution in [2.75, 3.05) is 13.1 Å². The SMILES string of the molecule is CC(C)=CCCC(C)=CCCC(C)=CCCC(C)=CCCC(=O)N1C(C)CNCC1C. The predicted octanol–water partition coefficient (Wildman–Crippen LogP) is 7.12. The molecule has 0 spiro atoms. The molecule has 1 aliphatic heterocycles. The molecule has 31 heavy (non-hydrogen) atoms. The molecule has 1 amide bonds. The van der Waals surface area contributed by atoms with Gasteiger partial charge in [-0.15, -0.1) is 0 Å². The molecule has 0 aromatic carbocycles. The summed E-state index contributed by atoms with van der Waals surface area (Å²) in [5.41, 5.74) is 5.79. The molecule has 1 saturated heterocycles. The Morgan fingerprint density at radius 3 is 1.52 bits per heavy atom. The zero-order chi connectivity index (χ0) is 23.2. The molecule has 176 valence electrons. The van der Waals surface area contributed by atoms with E-state index in [1.54, 1.807) is 0 Å². The first kappa shape index (κ1) is 27.4. The van der Waals surface area contributed by atoms with E-state index in [9.17, 15) is 4.79 Å². The smallest absolute Gasteiger partial charge is 0.223 e. The minimum absolute atomic E-state index is 0.297. The van der Waals surface area contributed by atoms with Gasteiger partial charge in [0.15, 0.2) is 0 Å². The largest absolute Gasteiger partial charge is 0.335 e. The third-order valence-electron chi connectivity index (χ3n) is 6.12. The Labute approximate surface area is 192 Å². The van der Waals surface area contributed by atoms with Crippen molar-refractivity contribution < 1.29 is 4.79 Å². The normalized spacial score (nSPS) is 20.7. The lowest BCUT2D eigenvalue weighted by Gasteiger charge is -2.39. The van der Waals surface area contributed by atoms with Crippen LogP contribution in [0.2, 0.25) is 0 Å². The van der Waals surface area contributed by atoms with Gasteiger partial charge in [0.2, 0.25) is 5.91 Å². The maximum atomic E-state index is 12.6. The first-order valence-corrected chi connectivity index (χ1v) is 12.3. The first-order valence-electron chi connectivity index (χ1n) is 12.3. The summed E-state index contributed by atoms with van der Waals surface area (Å²) in [5, 5.41) is 3.39. The van der Waals surface area contributed by atoms with Gasteiger partial charge in [0.1, 0.15) is 0 Å². The Balaban J connectivity index is 2.27. The van der Waals surface area contributed by atoms with Crippen LogP contribution in [-0.4, -0.2) is 36.0 Å². The maximum Gasteiger partial charge on any atom is 0.223 e. The van der Waals surface area contributed by atoms with Crippen molar-refractivity contribution >= 4 is 5.91 Å². The molecule has 1 fully saturated rings. The van der Waals surface area contributed by atoms with Gasteiger partial charge in [-0.3, -0.25) is 4.79 Å². The maximum absolute atomic E-state index is 12.6. The highest BCUT2D eigenvalue weighted by Gasteiger charge is 2.27. The molecule has 2 unspecified atom stereocenters. The highest BCUT2D eigenvalue weighted by atomic mass is 16.2. The molecule has 2 atom stereocenters. The van der Waals surface area contributed by atoms with Crippen LogP contribution in [0.15, 0.2) is 46.6 Å². The monoisotopic (exact) mass is 428 g/mol. The molecule has 3 heteroatoms. The topological polar surface area (TPSA) is 32.3 Å². The number of nitrogens with one attached hydrogen (secondary N) is 1. The number of nitrogens with zero attached hydrogens (tertiary/aromatic N) is 1. The van der Waals surface area contributed by atoms with Crippen LogP contribution in [-0.2, 0) is 4.79 Å². The van der Waals surface area contributed by atoms with E-state index in [-0.39, 0.29) is 0 Å². The van der Waals surface area contributed by atoms with Gasteiger partial charge in [0.05, 0.1) is 0 Å². The average molecular weight is 429 g/mol. The van der Waals surface area contributed by atoms with Crippen molar-refractivity contribution in [1.29, 1.82) is 0 Å². The molecular weight excluding hydrogens is 380 g/mol. The molecule has 1 aliphatic rings. The van der Waals surface area contributed by atoms with Crippen molar-refractivity contribution in [1.82, 2.24) is 10.2 Å². The third kappa shape index (κ3) is 12.1. The Hall–Kier alpha value is -1.61. The zero-order valence-corrected chi connectivity index (χ0v) is 21.4. The molecular formula is C28H48N2O. The summed E-state index contributed by atoms with van der Waals surface area (Å²) in [6.07, 6.45) is 17.7. The fourth-order valence-corrected chi connectivity index (χ4v) is 4.18. The Bertz CT molecular complexity index is 654. The van der Waals surface area contributed by atoms with Crippen molar-refractivity contribution in [3.05, 3.63) is 46.6 Å². The Morgan fingerprint density at radius 1 is 0.710 bits per heavy atom. The van der Waals surface area contributed by atoms with Crippen LogP contribution in [0, 0.1) is 0 Å². The number of rotatable bonds is 12. The van der Waals surface area contributed by atoms with Crippen molar-refractivity contribution in [3.8, 4) is 0 Å². The van der Waals surface area contributed by atoms with E-state index in [4.69, 9.17) is 0 Å². The second kappa shape index (κ2) is 15.2. The lowest BCUT2D eigenvalue weighted by Crippen LogP contribution is -2.57. The summed E-state index contributed by atoms with van der Waals surface area (Å²) in [6.45, 7) is 17.1. The molecule has 0 aliphatic carbocycles. The minimum Gasteiger partial charge on any atom is -0.335 e. The van der Waals surface area contributed by atoms with E-state index >= 15 is 0 Å². The fraction of sp³-hybridized carbons (Fsp3) is 0.679. The van der Waals surface area contributed by atoms with Gasteiger partial charge < -0.3 is 10.2 Å². The number of carbonyl (C=O) groups is 1. The van der Waals surface area contributed by atoms with Crippen LogP contribution in [0.25, 0.3) is 0 Å². The lowest BCUT2D eigenvalue weighted by atomic mass is 10.0. The second-order valence-electron chi connectivity index (χ2n) is 9.74. The van der Waals surface area contributed by atoms with Gasteiger partial charge in [-0.25, -0.2) is 0 Å². The predicted molar refractivity (Wildman–Crippen MR) is 136 cm³/mol. The summed E-state index contributed by atoms with van der Waals surface area (Å²) < 4.78 is 0. The summed E-state index contributed by atoms with van der Waals surface area (Å²) in [6, 6.07) is 0.593. The van der Waals surface area contributed by atoms with E-state index in [1.807, 2.05) is 0 Å². The van der Waals surface area contributed by atoms with Gasteiger partial charge in [-0.2, -0.15) is 0 Å². The summed E-state index contributed by atoms with van der Waals surface area (Å²) in [4.78, 5) is 14.7. The van der Waals surface area contributed by atoms with Crippen LogP contribution < -0.4 is 5.32 Å². The lowest BCUT2D eigenvalue weighted by molar-refractivity contribution is -0.136. The number of carbonyl (C=O) groups excluding carboxylic acids is 1. The van der Waals surface area contributed by atoms with Gasteiger partial charge in [-0.1, -0.05) is 46.6 Å². The number of piperazine rings is 1. The Kier molecular flexibility index (Phi) is 13.5. The van der Waals surface area contributed by atoms with Crippen molar-refractivity contribution in [2.24, 2.45) is 0 Å². The van der Waals surface area contributed by atoms with Crippen LogP contribution >= 0.6 is 0 Å². The van der Waals surface area contributed by atoms with Crippen LogP contribution in [0.5, 0.6) is 0 Å². The molecule has 0 aromatic heterocycles. The first-order chi connectivity index (χ1) is 14.7. The minimum atomic E-state index is 0.297. The summed E-state index contributed by atoms with van der Waals surface area (Å²) in [7, 11) is 0. The van der Waals surface area contributed by atoms with Crippen LogP contribution in [0.4, 0.5) is 0 Å². The zero-order valence-electron chi connectivity index (χ0n) is 21.4. The van der Waals surface area contributed by atoms with Gasteiger partial charge in [0.25, 0.3) is 0 Å². The highest BCUT2D eigenvalue weighted by molar-refractivity contribution is 5.77. The third-order valence-corrected chi connectivity index (χ3v) is 6.12. The number of hydrogen-bond acceptors (Lipinski definition) is 2. The molecule has 3 nitrogen and oxygen atoms in total. The van der Waals surface area contributed by atoms with E-state index in [2.05, 4.69) is 83.0 Å². The molecule has 1 N–H and O–H groups in total. The molecule has 1 rings (SSSR count). The summed E-state index contributed by atoms with van der Waals surface area (Å²) in [5.74, 6) is 0.297. The Morgan fingerprint density at radius 2 is 1.10 bits per heavy atom. The van der Waals surface area contributed by atoms with E-state index < -0.39 is 0 Å². The molecule has 0 aromatic rings. The molecule has 0 bridgehead atoms. The van der Waals surface area contributed by atoms with Crippen LogP contribution in [0.1, 0.15) is 99.8 Å². The van der Waals surface area contributed by atoms with Gasteiger partial charge >= 0.3 is 0 Å². The number of amides is 1. The number of hydrogen-bond donors (Lipinski definition) is 1.